The molecule has 1 aromatic carbocycles. The van der Waals surface area contributed by atoms with Crippen molar-refractivity contribution in [3.05, 3.63) is 29.8 Å². The molecule has 0 aliphatic carbocycles. The quantitative estimate of drug-likeness (QED) is 0.904. The Bertz CT molecular complexity index is 448. The highest BCUT2D eigenvalue weighted by atomic mass is 15.2. The predicted octanol–water partition coefficient (Wildman–Crippen LogP) is 2.88. The minimum absolute atomic E-state index is 0.112. The molecule has 2 N–H and O–H groups in total. The van der Waals surface area contributed by atoms with E-state index in [1.807, 2.05) is 0 Å². The predicted molar refractivity (Wildman–Crippen MR) is 91.9 cm³/mol. The Balaban J connectivity index is 2.09. The van der Waals surface area contributed by atoms with E-state index in [0.717, 1.165) is 38.4 Å². The van der Waals surface area contributed by atoms with Gasteiger partial charge in [-0.3, -0.25) is 0 Å². The minimum Gasteiger partial charge on any atom is -0.368 e. The zero-order valence-electron chi connectivity index (χ0n) is 14.1. The number of anilines is 1. The topological polar surface area (TPSA) is 32.5 Å². The average Bonchev–Trinajstić information content (AvgIpc) is 2.47. The third kappa shape index (κ3) is 3.78. The van der Waals surface area contributed by atoms with Crippen molar-refractivity contribution in [3.63, 3.8) is 0 Å². The number of likely N-dealkylation sites (tertiary alicyclic amines) is 1. The van der Waals surface area contributed by atoms with Gasteiger partial charge in [0.25, 0.3) is 0 Å². The molecule has 1 saturated heterocycles. The molecule has 0 bridgehead atoms. The summed E-state index contributed by atoms with van der Waals surface area (Å²) in [5, 5.41) is 0. The smallest absolute Gasteiger partial charge is 0.0545 e. The Morgan fingerprint density at radius 3 is 2.48 bits per heavy atom. The van der Waals surface area contributed by atoms with E-state index in [1.54, 1.807) is 0 Å². The summed E-state index contributed by atoms with van der Waals surface area (Å²) in [4.78, 5) is 5.01. The molecule has 0 amide bonds. The summed E-state index contributed by atoms with van der Waals surface area (Å²) in [6.07, 6.45) is 2.31. The lowest BCUT2D eigenvalue weighted by molar-refractivity contribution is 0.148. The molecule has 0 saturated carbocycles. The molecular weight excluding hydrogens is 258 g/mol. The van der Waals surface area contributed by atoms with E-state index < -0.39 is 0 Å². The first kappa shape index (κ1) is 16.3. The third-order valence-corrected chi connectivity index (χ3v) is 4.89. The largest absolute Gasteiger partial charge is 0.368 e. The fraction of sp³-hybridized carbons (Fsp3) is 0.667. The second kappa shape index (κ2) is 6.80. The maximum absolute atomic E-state index is 6.20. The molecule has 2 rings (SSSR count). The van der Waals surface area contributed by atoms with E-state index in [0.29, 0.717) is 0 Å². The van der Waals surface area contributed by atoms with Crippen molar-refractivity contribution in [1.82, 2.24) is 4.90 Å². The van der Waals surface area contributed by atoms with Gasteiger partial charge in [-0.05, 0) is 43.4 Å². The molecular formula is C18H31N3. The highest BCUT2D eigenvalue weighted by molar-refractivity contribution is 5.50. The summed E-state index contributed by atoms with van der Waals surface area (Å²) in [6.45, 7) is 11.0. The van der Waals surface area contributed by atoms with Crippen LogP contribution in [0.1, 0.15) is 32.3 Å². The number of nitrogens with two attached hydrogens (primary N) is 1. The van der Waals surface area contributed by atoms with Crippen LogP contribution in [0.3, 0.4) is 0 Å². The summed E-state index contributed by atoms with van der Waals surface area (Å²) in [6, 6.07) is 8.75. The van der Waals surface area contributed by atoms with Gasteiger partial charge in [0.2, 0.25) is 0 Å². The van der Waals surface area contributed by atoms with Crippen LogP contribution in [0.25, 0.3) is 0 Å². The molecule has 1 aliphatic heterocycles. The van der Waals surface area contributed by atoms with Gasteiger partial charge < -0.3 is 15.5 Å². The second-order valence-corrected chi connectivity index (χ2v) is 7.02. The first-order valence-corrected chi connectivity index (χ1v) is 8.20. The standard InChI is InChI=1S/C18H31N3/c1-15(2)13-21-10-8-18(14-19,9-11-21)20(4)17-7-5-6-16(3)12-17/h5-7,12,15H,8-11,13-14,19H2,1-4H3. The number of nitrogens with zero attached hydrogens (tertiary/aromatic N) is 2. The zero-order chi connectivity index (χ0) is 15.5. The van der Waals surface area contributed by atoms with Crippen LogP contribution >= 0.6 is 0 Å². The SMILES string of the molecule is Cc1cccc(N(C)C2(CN)CCN(CC(C)C)CC2)c1. The number of likely N-dealkylation sites (N-methyl/N-ethyl adjacent to an activating group) is 1. The Kier molecular flexibility index (Phi) is 5.28. The van der Waals surface area contributed by atoms with Gasteiger partial charge in [0.1, 0.15) is 0 Å². The summed E-state index contributed by atoms with van der Waals surface area (Å²) >= 11 is 0. The monoisotopic (exact) mass is 289 g/mol. The highest BCUT2D eigenvalue weighted by Gasteiger charge is 2.37. The van der Waals surface area contributed by atoms with Crippen molar-refractivity contribution in [2.75, 3.05) is 38.1 Å². The molecule has 1 aromatic rings. The van der Waals surface area contributed by atoms with Crippen LogP contribution in [0.2, 0.25) is 0 Å². The maximum atomic E-state index is 6.20. The molecule has 0 aromatic heterocycles. The molecule has 3 nitrogen and oxygen atoms in total. The summed E-state index contributed by atoms with van der Waals surface area (Å²) in [7, 11) is 2.21. The number of piperidine rings is 1. The van der Waals surface area contributed by atoms with E-state index >= 15 is 0 Å². The van der Waals surface area contributed by atoms with Crippen LogP contribution in [0.15, 0.2) is 24.3 Å². The Hall–Kier alpha value is -1.06. The van der Waals surface area contributed by atoms with E-state index in [1.165, 1.54) is 17.8 Å². The van der Waals surface area contributed by atoms with Crippen molar-refractivity contribution < 1.29 is 0 Å². The van der Waals surface area contributed by atoms with Gasteiger partial charge >= 0.3 is 0 Å². The van der Waals surface area contributed by atoms with Gasteiger partial charge in [0.05, 0.1) is 5.54 Å². The summed E-state index contributed by atoms with van der Waals surface area (Å²) < 4.78 is 0. The summed E-state index contributed by atoms with van der Waals surface area (Å²) in [5.41, 5.74) is 8.91. The lowest BCUT2D eigenvalue weighted by Crippen LogP contribution is -2.58. The van der Waals surface area contributed by atoms with Gasteiger partial charge in [-0.2, -0.15) is 0 Å². The molecule has 21 heavy (non-hydrogen) atoms. The first-order valence-electron chi connectivity index (χ1n) is 8.20. The first-order chi connectivity index (χ1) is 9.97. The zero-order valence-corrected chi connectivity index (χ0v) is 14.1. The van der Waals surface area contributed by atoms with Crippen LogP contribution in [0.5, 0.6) is 0 Å². The third-order valence-electron chi connectivity index (χ3n) is 4.89. The maximum Gasteiger partial charge on any atom is 0.0545 e. The lowest BCUT2D eigenvalue weighted by atomic mass is 9.85. The molecule has 1 aliphatic rings. The minimum atomic E-state index is 0.112. The van der Waals surface area contributed by atoms with Crippen molar-refractivity contribution in [2.24, 2.45) is 11.7 Å². The van der Waals surface area contributed by atoms with Gasteiger partial charge in [-0.15, -0.1) is 0 Å². The number of aryl methyl sites for hydroxylation is 1. The molecule has 1 heterocycles. The Morgan fingerprint density at radius 1 is 1.29 bits per heavy atom. The molecule has 118 valence electrons. The van der Waals surface area contributed by atoms with E-state index in [2.05, 4.69) is 61.9 Å². The van der Waals surface area contributed by atoms with Crippen molar-refractivity contribution >= 4 is 5.69 Å². The molecule has 0 spiro atoms. The number of hydrogen-bond donors (Lipinski definition) is 1. The van der Waals surface area contributed by atoms with Crippen LogP contribution in [-0.2, 0) is 0 Å². The van der Waals surface area contributed by atoms with Gasteiger partial charge in [-0.25, -0.2) is 0 Å². The second-order valence-electron chi connectivity index (χ2n) is 7.02. The number of rotatable bonds is 5. The van der Waals surface area contributed by atoms with E-state index in [-0.39, 0.29) is 5.54 Å². The van der Waals surface area contributed by atoms with Crippen molar-refractivity contribution in [1.29, 1.82) is 0 Å². The van der Waals surface area contributed by atoms with Crippen LogP contribution in [-0.4, -0.2) is 43.7 Å². The van der Waals surface area contributed by atoms with Gasteiger partial charge in [0, 0.05) is 38.9 Å². The number of benzene rings is 1. The fourth-order valence-electron chi connectivity index (χ4n) is 3.46. The fourth-order valence-corrected chi connectivity index (χ4v) is 3.46. The Labute approximate surface area is 130 Å². The van der Waals surface area contributed by atoms with Gasteiger partial charge in [-0.1, -0.05) is 26.0 Å². The lowest BCUT2D eigenvalue weighted by Gasteiger charge is -2.48. The Morgan fingerprint density at radius 2 is 1.95 bits per heavy atom. The highest BCUT2D eigenvalue weighted by Crippen LogP contribution is 2.31. The van der Waals surface area contributed by atoms with Gasteiger partial charge in [0.15, 0.2) is 0 Å². The van der Waals surface area contributed by atoms with Crippen LogP contribution in [0, 0.1) is 12.8 Å². The molecule has 0 atom stereocenters. The van der Waals surface area contributed by atoms with E-state index in [9.17, 15) is 0 Å². The molecule has 0 radical (unpaired) electrons. The molecule has 3 heteroatoms. The van der Waals surface area contributed by atoms with Crippen molar-refractivity contribution in [2.45, 2.75) is 39.2 Å². The molecule has 0 unspecified atom stereocenters. The molecule has 1 fully saturated rings. The summed E-state index contributed by atoms with van der Waals surface area (Å²) in [5.74, 6) is 0.741. The normalized spacial score (nSPS) is 19.0. The van der Waals surface area contributed by atoms with Crippen LogP contribution < -0.4 is 10.6 Å². The van der Waals surface area contributed by atoms with Crippen LogP contribution in [0.4, 0.5) is 5.69 Å². The number of hydrogen-bond acceptors (Lipinski definition) is 3. The average molecular weight is 289 g/mol. The van der Waals surface area contributed by atoms with E-state index in [4.69, 9.17) is 5.73 Å². The van der Waals surface area contributed by atoms with Crippen molar-refractivity contribution in [3.8, 4) is 0 Å².